The molecule has 0 aromatic heterocycles. The Morgan fingerprint density at radius 3 is 2.56 bits per heavy atom. The lowest BCUT2D eigenvalue weighted by atomic mass is 10.2. The molecule has 0 atom stereocenters. The van der Waals surface area contributed by atoms with Crippen LogP contribution in [0, 0.1) is 15.9 Å². The smallest absolute Gasteiger partial charge is 0.272 e. The van der Waals surface area contributed by atoms with Crippen LogP contribution in [0.5, 0.6) is 0 Å². The Morgan fingerprint density at radius 2 is 1.89 bits per heavy atom. The van der Waals surface area contributed by atoms with Crippen LogP contribution in [0.15, 0.2) is 52.5 Å². The summed E-state index contributed by atoms with van der Waals surface area (Å²) in [6.45, 7) is 0.812. The molecule has 1 saturated heterocycles. The van der Waals surface area contributed by atoms with Crippen LogP contribution in [0.2, 0.25) is 0 Å². The van der Waals surface area contributed by atoms with E-state index in [1.165, 1.54) is 40.9 Å². The van der Waals surface area contributed by atoms with E-state index in [4.69, 9.17) is 0 Å². The van der Waals surface area contributed by atoms with Gasteiger partial charge >= 0.3 is 0 Å². The molecule has 0 bridgehead atoms. The minimum absolute atomic E-state index is 0.00737. The maximum absolute atomic E-state index is 13.6. The molecule has 8 nitrogen and oxygen atoms in total. The van der Waals surface area contributed by atoms with Gasteiger partial charge in [0.25, 0.3) is 5.69 Å². The molecule has 2 aromatic rings. The van der Waals surface area contributed by atoms with Gasteiger partial charge in [-0.1, -0.05) is 18.2 Å². The molecular weight excluding hydrogens is 375 g/mol. The fraction of sp³-hybridized carbons (Fsp3) is 0.235. The molecule has 1 aliphatic rings. The fourth-order valence-electron chi connectivity index (χ4n) is 2.75. The zero-order valence-electron chi connectivity index (χ0n) is 14.2. The van der Waals surface area contributed by atoms with Gasteiger partial charge < -0.3 is 0 Å². The molecule has 142 valence electrons. The standard InChI is InChI=1S/C17H17FN4O4S/c18-15-6-2-1-5-13(15)12-19-20-16-8-7-14(11-17(16)22(23)24)27(25,26)21-9-3-4-10-21/h1-2,5-8,11-12,20H,3-4,9-10H2. The summed E-state index contributed by atoms with van der Waals surface area (Å²) in [5.41, 5.74) is 2.26. The van der Waals surface area contributed by atoms with Gasteiger partial charge in [-0.05, 0) is 31.0 Å². The van der Waals surface area contributed by atoms with Gasteiger partial charge in [-0.25, -0.2) is 12.8 Å². The van der Waals surface area contributed by atoms with Gasteiger partial charge in [-0.3, -0.25) is 15.5 Å². The number of anilines is 1. The number of nitrogens with one attached hydrogen (secondary N) is 1. The van der Waals surface area contributed by atoms with Gasteiger partial charge in [0.1, 0.15) is 11.5 Å². The minimum atomic E-state index is -3.77. The van der Waals surface area contributed by atoms with Crippen molar-refractivity contribution in [2.75, 3.05) is 18.5 Å². The maximum Gasteiger partial charge on any atom is 0.295 e. The lowest BCUT2D eigenvalue weighted by Crippen LogP contribution is -2.27. The van der Waals surface area contributed by atoms with Gasteiger partial charge in [-0.15, -0.1) is 0 Å². The molecule has 2 aromatic carbocycles. The molecule has 1 aliphatic heterocycles. The van der Waals surface area contributed by atoms with Crippen molar-refractivity contribution in [3.63, 3.8) is 0 Å². The van der Waals surface area contributed by atoms with Crippen molar-refractivity contribution < 1.29 is 17.7 Å². The number of hydrogen-bond acceptors (Lipinski definition) is 6. The van der Waals surface area contributed by atoms with E-state index >= 15 is 0 Å². The Hall–Kier alpha value is -2.85. The first-order valence-electron chi connectivity index (χ1n) is 8.22. The van der Waals surface area contributed by atoms with E-state index in [0.717, 1.165) is 18.9 Å². The number of sulfonamides is 1. The first kappa shape index (κ1) is 18.9. The van der Waals surface area contributed by atoms with Gasteiger partial charge in [0.2, 0.25) is 10.0 Å². The first-order chi connectivity index (χ1) is 12.9. The average Bonchev–Trinajstić information content (AvgIpc) is 3.19. The highest BCUT2D eigenvalue weighted by Crippen LogP contribution is 2.30. The Labute approximate surface area is 155 Å². The van der Waals surface area contributed by atoms with Crippen LogP contribution in [0.4, 0.5) is 15.8 Å². The molecule has 1 heterocycles. The van der Waals surface area contributed by atoms with E-state index in [9.17, 15) is 22.9 Å². The summed E-state index contributed by atoms with van der Waals surface area (Å²) in [5, 5.41) is 15.2. The van der Waals surface area contributed by atoms with E-state index in [0.29, 0.717) is 13.1 Å². The summed E-state index contributed by atoms with van der Waals surface area (Å²) in [6, 6.07) is 9.51. The molecule has 0 amide bonds. The van der Waals surface area contributed by atoms with Gasteiger partial charge in [-0.2, -0.15) is 9.41 Å². The maximum atomic E-state index is 13.6. The third-order valence-corrected chi connectivity index (χ3v) is 6.06. The van der Waals surface area contributed by atoms with Crippen molar-refractivity contribution >= 4 is 27.6 Å². The summed E-state index contributed by atoms with van der Waals surface area (Å²) < 4.78 is 40.0. The van der Waals surface area contributed by atoms with E-state index in [1.807, 2.05) is 0 Å². The predicted octanol–water partition coefficient (Wildman–Crippen LogP) is 2.96. The minimum Gasteiger partial charge on any atom is -0.272 e. The van der Waals surface area contributed by atoms with Crippen LogP contribution in [0.3, 0.4) is 0 Å². The Balaban J connectivity index is 1.86. The SMILES string of the molecule is O=[N+]([O-])c1cc(S(=O)(=O)N2CCCC2)ccc1NN=Cc1ccccc1F. The molecule has 0 spiro atoms. The molecule has 10 heteroatoms. The van der Waals surface area contributed by atoms with Crippen LogP contribution in [0.1, 0.15) is 18.4 Å². The molecule has 3 rings (SSSR count). The highest BCUT2D eigenvalue weighted by atomic mass is 32.2. The zero-order chi connectivity index (χ0) is 19.4. The largest absolute Gasteiger partial charge is 0.295 e. The highest BCUT2D eigenvalue weighted by Gasteiger charge is 2.29. The molecular formula is C17H17FN4O4S. The van der Waals surface area contributed by atoms with Crippen molar-refractivity contribution in [3.05, 3.63) is 64.0 Å². The van der Waals surface area contributed by atoms with E-state index < -0.39 is 26.5 Å². The lowest BCUT2D eigenvalue weighted by molar-refractivity contribution is -0.384. The summed E-state index contributed by atoms with van der Waals surface area (Å²) in [6.07, 6.45) is 2.73. The predicted molar refractivity (Wildman–Crippen MR) is 98.7 cm³/mol. The lowest BCUT2D eigenvalue weighted by Gasteiger charge is -2.15. The van der Waals surface area contributed by atoms with Crippen molar-refractivity contribution in [2.45, 2.75) is 17.7 Å². The van der Waals surface area contributed by atoms with E-state index in [-0.39, 0.29) is 16.1 Å². The topological polar surface area (TPSA) is 105 Å². The second-order valence-electron chi connectivity index (χ2n) is 5.94. The van der Waals surface area contributed by atoms with Crippen molar-refractivity contribution in [2.24, 2.45) is 5.10 Å². The number of hydrogen-bond donors (Lipinski definition) is 1. The summed E-state index contributed by atoms with van der Waals surface area (Å²) in [5.74, 6) is -0.482. The Kier molecular flexibility index (Phi) is 5.47. The first-order valence-corrected chi connectivity index (χ1v) is 9.66. The molecule has 0 aliphatic carbocycles. The third-order valence-electron chi connectivity index (χ3n) is 4.16. The third kappa shape index (κ3) is 4.12. The number of benzene rings is 2. The van der Waals surface area contributed by atoms with E-state index in [2.05, 4.69) is 10.5 Å². The Bertz CT molecular complexity index is 988. The number of nitro groups is 1. The number of halogens is 1. The summed E-state index contributed by atoms with van der Waals surface area (Å²) in [4.78, 5) is 10.5. The number of nitrogens with zero attached hydrogens (tertiary/aromatic N) is 3. The molecule has 0 unspecified atom stereocenters. The van der Waals surface area contributed by atoms with Crippen molar-refractivity contribution in [3.8, 4) is 0 Å². The van der Waals surface area contributed by atoms with Crippen molar-refractivity contribution in [1.29, 1.82) is 0 Å². The van der Waals surface area contributed by atoms with E-state index in [1.54, 1.807) is 6.07 Å². The van der Waals surface area contributed by atoms with Crippen LogP contribution in [0.25, 0.3) is 0 Å². The molecule has 0 radical (unpaired) electrons. The molecule has 27 heavy (non-hydrogen) atoms. The van der Waals surface area contributed by atoms with Crippen LogP contribution >= 0.6 is 0 Å². The zero-order valence-corrected chi connectivity index (χ0v) is 15.0. The quantitative estimate of drug-likeness (QED) is 0.462. The van der Waals surface area contributed by atoms with Gasteiger partial charge in [0, 0.05) is 24.7 Å². The van der Waals surface area contributed by atoms with Gasteiger partial charge in [0.15, 0.2) is 0 Å². The van der Waals surface area contributed by atoms with Crippen LogP contribution < -0.4 is 5.43 Å². The summed E-state index contributed by atoms with van der Waals surface area (Å²) in [7, 11) is -3.77. The summed E-state index contributed by atoms with van der Waals surface area (Å²) >= 11 is 0. The number of rotatable bonds is 6. The average molecular weight is 392 g/mol. The Morgan fingerprint density at radius 1 is 1.19 bits per heavy atom. The normalized spacial score (nSPS) is 15.3. The van der Waals surface area contributed by atoms with Crippen LogP contribution in [-0.4, -0.2) is 37.0 Å². The highest BCUT2D eigenvalue weighted by molar-refractivity contribution is 7.89. The number of hydrazone groups is 1. The monoisotopic (exact) mass is 392 g/mol. The molecule has 1 N–H and O–H groups in total. The van der Waals surface area contributed by atoms with Crippen molar-refractivity contribution in [1.82, 2.24) is 4.31 Å². The fourth-order valence-corrected chi connectivity index (χ4v) is 4.28. The second kappa shape index (κ2) is 7.80. The second-order valence-corrected chi connectivity index (χ2v) is 7.88. The molecule has 0 saturated carbocycles. The molecule has 1 fully saturated rings. The van der Waals surface area contributed by atoms with Gasteiger partial charge in [0.05, 0.1) is 16.0 Å². The van der Waals surface area contributed by atoms with Crippen LogP contribution in [-0.2, 0) is 10.0 Å². The number of nitro benzene ring substituents is 1.